The number of amides is 1. The Labute approximate surface area is 112 Å². The van der Waals surface area contributed by atoms with Crippen molar-refractivity contribution in [1.29, 1.82) is 0 Å². The average molecular weight is 259 g/mol. The number of aromatic nitrogens is 2. The Morgan fingerprint density at radius 2 is 2.11 bits per heavy atom. The molecule has 100 valence electrons. The normalized spacial score (nSPS) is 10.7. The molecule has 1 heterocycles. The van der Waals surface area contributed by atoms with Crippen LogP contribution in [-0.4, -0.2) is 16.0 Å². The van der Waals surface area contributed by atoms with Gasteiger partial charge in [-0.15, -0.1) is 0 Å². The lowest BCUT2D eigenvalue weighted by molar-refractivity contribution is -0.115. The summed E-state index contributed by atoms with van der Waals surface area (Å²) in [4.78, 5) is 15.9. The first-order chi connectivity index (χ1) is 9.06. The maximum atomic E-state index is 11.9. The molecule has 0 unspecified atom stereocenters. The van der Waals surface area contributed by atoms with Gasteiger partial charge in [-0.2, -0.15) is 4.98 Å². The van der Waals surface area contributed by atoms with Crippen LogP contribution in [0.25, 0.3) is 0 Å². The van der Waals surface area contributed by atoms with Crippen molar-refractivity contribution in [3.63, 3.8) is 0 Å². The summed E-state index contributed by atoms with van der Waals surface area (Å²) in [6.07, 6.45) is 0.115. The number of aryl methyl sites for hydroxylation is 1. The van der Waals surface area contributed by atoms with Gasteiger partial charge in [0.05, 0.1) is 6.42 Å². The summed E-state index contributed by atoms with van der Waals surface area (Å²) in [6.45, 7) is 5.88. The van der Waals surface area contributed by atoms with E-state index in [0.29, 0.717) is 17.6 Å². The van der Waals surface area contributed by atoms with Gasteiger partial charge in [-0.05, 0) is 17.5 Å². The summed E-state index contributed by atoms with van der Waals surface area (Å²) in [6, 6.07) is 7.78. The van der Waals surface area contributed by atoms with E-state index in [1.54, 1.807) is 6.92 Å². The molecule has 2 aromatic rings. The van der Waals surface area contributed by atoms with Crippen LogP contribution in [0.3, 0.4) is 0 Å². The first-order valence-electron chi connectivity index (χ1n) is 6.24. The van der Waals surface area contributed by atoms with Crippen molar-refractivity contribution < 1.29 is 9.32 Å². The average Bonchev–Trinajstić information content (AvgIpc) is 2.75. The fourth-order valence-corrected chi connectivity index (χ4v) is 1.87. The molecule has 1 aromatic heterocycles. The van der Waals surface area contributed by atoms with Crippen molar-refractivity contribution in [3.05, 3.63) is 41.5 Å². The monoisotopic (exact) mass is 259 g/mol. The van der Waals surface area contributed by atoms with E-state index in [1.807, 2.05) is 24.3 Å². The third-order valence-corrected chi connectivity index (χ3v) is 2.75. The summed E-state index contributed by atoms with van der Waals surface area (Å²) < 4.78 is 4.84. The zero-order valence-corrected chi connectivity index (χ0v) is 11.3. The van der Waals surface area contributed by atoms with Crippen LogP contribution >= 0.6 is 0 Å². The molecule has 0 radical (unpaired) electrons. The van der Waals surface area contributed by atoms with E-state index in [1.165, 1.54) is 0 Å². The molecule has 0 aliphatic rings. The molecule has 0 bridgehead atoms. The van der Waals surface area contributed by atoms with Gasteiger partial charge in [-0.25, -0.2) is 0 Å². The predicted molar refractivity (Wildman–Crippen MR) is 71.9 cm³/mol. The second-order valence-corrected chi connectivity index (χ2v) is 4.70. The molecule has 5 nitrogen and oxygen atoms in total. The smallest absolute Gasteiger partial charge is 0.232 e. The molecule has 5 heteroatoms. The highest BCUT2D eigenvalue weighted by Crippen LogP contribution is 2.23. The number of rotatable bonds is 4. The maximum absolute atomic E-state index is 11.9. The summed E-state index contributed by atoms with van der Waals surface area (Å²) in [5, 5.41) is 6.60. The van der Waals surface area contributed by atoms with Gasteiger partial charge in [-0.1, -0.05) is 37.2 Å². The highest BCUT2D eigenvalue weighted by molar-refractivity contribution is 5.92. The summed E-state index contributed by atoms with van der Waals surface area (Å²) >= 11 is 0. The van der Waals surface area contributed by atoms with E-state index in [0.717, 1.165) is 11.3 Å². The van der Waals surface area contributed by atoms with Crippen molar-refractivity contribution in [2.24, 2.45) is 0 Å². The third-order valence-electron chi connectivity index (χ3n) is 2.75. The Balaban J connectivity index is 2.07. The van der Waals surface area contributed by atoms with Gasteiger partial charge in [0, 0.05) is 12.6 Å². The molecule has 0 aliphatic heterocycles. The fourth-order valence-electron chi connectivity index (χ4n) is 1.87. The molecule has 0 fully saturated rings. The molecule has 1 aromatic carbocycles. The molecule has 19 heavy (non-hydrogen) atoms. The first-order valence-corrected chi connectivity index (χ1v) is 6.24. The number of nitrogens with zero attached hydrogens (tertiary/aromatic N) is 2. The second kappa shape index (κ2) is 5.65. The zero-order valence-electron chi connectivity index (χ0n) is 11.3. The van der Waals surface area contributed by atoms with E-state index in [9.17, 15) is 4.79 Å². The van der Waals surface area contributed by atoms with Crippen molar-refractivity contribution in [3.8, 4) is 0 Å². The van der Waals surface area contributed by atoms with Gasteiger partial charge in [-0.3, -0.25) is 4.79 Å². The standard InChI is InChI=1S/C14H17N3O2/c1-9(2)11-6-4-5-7-12(11)16-14(18)8-13-15-10(3)19-17-13/h4-7,9H,8H2,1-3H3,(H,16,18). The van der Waals surface area contributed by atoms with Crippen LogP contribution < -0.4 is 5.32 Å². The van der Waals surface area contributed by atoms with E-state index in [2.05, 4.69) is 29.3 Å². The minimum absolute atomic E-state index is 0.115. The molecule has 0 saturated carbocycles. The number of hydrogen-bond acceptors (Lipinski definition) is 4. The lowest BCUT2D eigenvalue weighted by Crippen LogP contribution is -2.16. The van der Waals surface area contributed by atoms with Gasteiger partial charge < -0.3 is 9.84 Å². The van der Waals surface area contributed by atoms with Crippen molar-refractivity contribution >= 4 is 11.6 Å². The molecular formula is C14H17N3O2. The van der Waals surface area contributed by atoms with Gasteiger partial charge in [0.15, 0.2) is 5.82 Å². The van der Waals surface area contributed by atoms with Crippen LogP contribution in [0.2, 0.25) is 0 Å². The number of para-hydroxylation sites is 1. The topological polar surface area (TPSA) is 68.0 Å². The van der Waals surface area contributed by atoms with Crippen LogP contribution in [0.15, 0.2) is 28.8 Å². The predicted octanol–water partition coefficient (Wildman–Crippen LogP) is 2.68. The van der Waals surface area contributed by atoms with Gasteiger partial charge in [0.2, 0.25) is 11.8 Å². The lowest BCUT2D eigenvalue weighted by atomic mass is 10.0. The van der Waals surface area contributed by atoms with Crippen LogP contribution in [-0.2, 0) is 11.2 Å². The first kappa shape index (κ1) is 13.3. The van der Waals surface area contributed by atoms with E-state index in [-0.39, 0.29) is 12.3 Å². The van der Waals surface area contributed by atoms with Crippen molar-refractivity contribution in [1.82, 2.24) is 10.1 Å². The van der Waals surface area contributed by atoms with Crippen molar-refractivity contribution in [2.75, 3.05) is 5.32 Å². The summed E-state index contributed by atoms with van der Waals surface area (Å²) in [5.74, 6) is 1.07. The van der Waals surface area contributed by atoms with Gasteiger partial charge >= 0.3 is 0 Å². The van der Waals surface area contributed by atoms with Gasteiger partial charge in [0.25, 0.3) is 0 Å². The molecular weight excluding hydrogens is 242 g/mol. The Kier molecular flexibility index (Phi) is 3.94. The zero-order chi connectivity index (χ0) is 13.8. The molecule has 1 amide bonds. The minimum atomic E-state index is -0.145. The van der Waals surface area contributed by atoms with Crippen LogP contribution in [0.5, 0.6) is 0 Å². The SMILES string of the molecule is Cc1nc(CC(=O)Nc2ccccc2C(C)C)no1. The highest BCUT2D eigenvalue weighted by atomic mass is 16.5. The minimum Gasteiger partial charge on any atom is -0.340 e. The molecule has 1 N–H and O–H groups in total. The molecule has 0 atom stereocenters. The fraction of sp³-hybridized carbons (Fsp3) is 0.357. The molecule has 2 rings (SSSR count). The Hall–Kier alpha value is -2.17. The maximum Gasteiger partial charge on any atom is 0.232 e. The Bertz CT molecular complexity index is 576. The van der Waals surface area contributed by atoms with Crippen LogP contribution in [0, 0.1) is 6.92 Å². The second-order valence-electron chi connectivity index (χ2n) is 4.70. The van der Waals surface area contributed by atoms with Crippen molar-refractivity contribution in [2.45, 2.75) is 33.1 Å². The van der Waals surface area contributed by atoms with E-state index in [4.69, 9.17) is 4.52 Å². The van der Waals surface area contributed by atoms with E-state index >= 15 is 0 Å². The summed E-state index contributed by atoms with van der Waals surface area (Å²) in [7, 11) is 0. The third kappa shape index (κ3) is 3.40. The molecule has 0 aliphatic carbocycles. The number of anilines is 1. The lowest BCUT2D eigenvalue weighted by Gasteiger charge is -2.12. The summed E-state index contributed by atoms with van der Waals surface area (Å²) in [5.41, 5.74) is 1.95. The number of carbonyl (C=O) groups excluding carboxylic acids is 1. The number of benzene rings is 1. The Morgan fingerprint density at radius 3 is 2.74 bits per heavy atom. The highest BCUT2D eigenvalue weighted by Gasteiger charge is 2.12. The van der Waals surface area contributed by atoms with Crippen LogP contribution in [0.1, 0.15) is 37.0 Å². The molecule has 0 saturated heterocycles. The number of nitrogens with one attached hydrogen (secondary N) is 1. The Morgan fingerprint density at radius 1 is 1.37 bits per heavy atom. The largest absolute Gasteiger partial charge is 0.340 e. The number of hydrogen-bond donors (Lipinski definition) is 1. The number of carbonyl (C=O) groups is 1. The van der Waals surface area contributed by atoms with Crippen LogP contribution in [0.4, 0.5) is 5.69 Å². The van der Waals surface area contributed by atoms with E-state index < -0.39 is 0 Å². The van der Waals surface area contributed by atoms with Gasteiger partial charge in [0.1, 0.15) is 0 Å². The molecule has 0 spiro atoms. The quantitative estimate of drug-likeness (QED) is 0.916.